The average molecular weight is 307 g/mol. The minimum Gasteiger partial charge on any atom is -0.329 e. The van der Waals surface area contributed by atoms with Gasteiger partial charge in [-0.3, -0.25) is 0 Å². The smallest absolute Gasteiger partial charge is 0.248 e. The molecule has 18 heavy (non-hydrogen) atoms. The van der Waals surface area contributed by atoms with Gasteiger partial charge in [-0.15, -0.1) is 0 Å². The number of rotatable bonds is 2. The van der Waals surface area contributed by atoms with Crippen molar-refractivity contribution in [2.24, 2.45) is 5.73 Å². The van der Waals surface area contributed by atoms with Crippen LogP contribution in [-0.4, -0.2) is 16.1 Å². The molecule has 0 saturated carbocycles. The first-order valence-electron chi connectivity index (χ1n) is 5.59. The molecule has 2 rings (SSSR count). The van der Waals surface area contributed by atoms with E-state index in [0.717, 1.165) is 16.6 Å². The molecule has 2 N–H and O–H groups in total. The summed E-state index contributed by atoms with van der Waals surface area (Å²) in [6.45, 7) is 5.11. The fourth-order valence-corrected chi connectivity index (χ4v) is 2.38. The van der Waals surface area contributed by atoms with Crippen LogP contribution in [0.15, 0.2) is 12.1 Å². The SMILES string of the molecule is Cc1cc2nc(C(Cl)(Cl)Cl)n(CCN)c2cc1C. The van der Waals surface area contributed by atoms with Gasteiger partial charge < -0.3 is 10.3 Å². The number of hydrogen-bond donors (Lipinski definition) is 1. The Morgan fingerprint density at radius 3 is 2.39 bits per heavy atom. The molecule has 1 aromatic carbocycles. The van der Waals surface area contributed by atoms with Crippen LogP contribution in [0.3, 0.4) is 0 Å². The number of hydrogen-bond acceptors (Lipinski definition) is 2. The van der Waals surface area contributed by atoms with Crippen molar-refractivity contribution < 1.29 is 0 Å². The van der Waals surface area contributed by atoms with Crippen LogP contribution in [0.25, 0.3) is 11.0 Å². The lowest BCUT2D eigenvalue weighted by Gasteiger charge is -2.13. The maximum atomic E-state index is 5.96. The molecule has 1 heterocycles. The van der Waals surface area contributed by atoms with Crippen molar-refractivity contribution in [3.8, 4) is 0 Å². The Kier molecular flexibility index (Phi) is 3.79. The van der Waals surface area contributed by atoms with Crippen molar-refractivity contribution >= 4 is 45.8 Å². The van der Waals surface area contributed by atoms with Crippen LogP contribution >= 0.6 is 34.8 Å². The zero-order valence-corrected chi connectivity index (χ0v) is 12.4. The number of nitrogens with two attached hydrogens (primary N) is 1. The number of fused-ring (bicyclic) bond motifs is 1. The van der Waals surface area contributed by atoms with Crippen LogP contribution in [0, 0.1) is 13.8 Å². The number of aryl methyl sites for hydroxylation is 2. The van der Waals surface area contributed by atoms with E-state index in [1.54, 1.807) is 0 Å². The third-order valence-corrected chi connectivity index (χ3v) is 3.48. The van der Waals surface area contributed by atoms with E-state index in [2.05, 4.69) is 4.98 Å². The molecule has 0 atom stereocenters. The molecule has 2 aromatic rings. The first-order chi connectivity index (χ1) is 8.34. The number of benzene rings is 1. The Morgan fingerprint density at radius 2 is 1.83 bits per heavy atom. The van der Waals surface area contributed by atoms with Crippen molar-refractivity contribution in [3.63, 3.8) is 0 Å². The van der Waals surface area contributed by atoms with E-state index < -0.39 is 3.79 Å². The molecule has 0 amide bonds. The highest BCUT2D eigenvalue weighted by Crippen LogP contribution is 2.39. The second-order valence-corrected chi connectivity index (χ2v) is 6.58. The summed E-state index contributed by atoms with van der Waals surface area (Å²) in [7, 11) is 0. The maximum Gasteiger partial charge on any atom is 0.248 e. The van der Waals surface area contributed by atoms with E-state index >= 15 is 0 Å². The molecule has 0 bridgehead atoms. The number of alkyl halides is 3. The summed E-state index contributed by atoms with van der Waals surface area (Å²) in [6, 6.07) is 4.05. The fourth-order valence-electron chi connectivity index (χ4n) is 1.95. The first kappa shape index (κ1) is 13.9. The predicted molar refractivity (Wildman–Crippen MR) is 77.5 cm³/mol. The highest BCUT2D eigenvalue weighted by Gasteiger charge is 2.30. The summed E-state index contributed by atoms with van der Waals surface area (Å²) in [4.78, 5) is 4.42. The highest BCUT2D eigenvalue weighted by atomic mass is 35.6. The molecule has 0 fully saturated rings. The van der Waals surface area contributed by atoms with E-state index in [4.69, 9.17) is 40.5 Å². The summed E-state index contributed by atoms with van der Waals surface area (Å²) in [5.41, 5.74) is 9.73. The normalized spacial score (nSPS) is 12.3. The lowest BCUT2D eigenvalue weighted by molar-refractivity contribution is 0.687. The van der Waals surface area contributed by atoms with E-state index in [-0.39, 0.29) is 0 Å². The Labute approximate surface area is 121 Å². The van der Waals surface area contributed by atoms with Crippen molar-refractivity contribution in [2.45, 2.75) is 24.2 Å². The molecule has 0 aliphatic rings. The van der Waals surface area contributed by atoms with Gasteiger partial charge in [0.05, 0.1) is 11.0 Å². The molecule has 0 spiro atoms. The van der Waals surface area contributed by atoms with Gasteiger partial charge in [0.25, 0.3) is 0 Å². The molecule has 0 radical (unpaired) electrons. The van der Waals surface area contributed by atoms with Crippen LogP contribution in [0.2, 0.25) is 0 Å². The monoisotopic (exact) mass is 305 g/mol. The molecule has 1 aromatic heterocycles. The molecular formula is C12H14Cl3N3. The lowest BCUT2D eigenvalue weighted by atomic mass is 10.1. The van der Waals surface area contributed by atoms with Crippen LogP contribution in [-0.2, 0) is 10.3 Å². The molecule has 0 saturated heterocycles. The second-order valence-electron chi connectivity index (χ2n) is 4.30. The number of halogens is 3. The first-order valence-corrected chi connectivity index (χ1v) is 6.72. The highest BCUT2D eigenvalue weighted by molar-refractivity contribution is 6.66. The van der Waals surface area contributed by atoms with Gasteiger partial charge in [-0.1, -0.05) is 34.8 Å². The van der Waals surface area contributed by atoms with Gasteiger partial charge >= 0.3 is 0 Å². The Balaban J connectivity index is 2.75. The zero-order chi connectivity index (χ0) is 13.5. The van der Waals surface area contributed by atoms with Gasteiger partial charge in [-0.25, -0.2) is 4.98 Å². The van der Waals surface area contributed by atoms with E-state index in [1.807, 2.05) is 30.5 Å². The van der Waals surface area contributed by atoms with Gasteiger partial charge in [0.15, 0.2) is 5.82 Å². The second kappa shape index (κ2) is 4.89. The summed E-state index contributed by atoms with van der Waals surface area (Å²) in [5, 5.41) is 0. The quantitative estimate of drug-likeness (QED) is 0.864. The van der Waals surface area contributed by atoms with Gasteiger partial charge in [0, 0.05) is 13.1 Å². The summed E-state index contributed by atoms with van der Waals surface area (Å²) in [6.07, 6.45) is 0. The molecule has 0 unspecified atom stereocenters. The van der Waals surface area contributed by atoms with Crippen molar-refractivity contribution in [1.29, 1.82) is 0 Å². The molecule has 0 aliphatic carbocycles. The van der Waals surface area contributed by atoms with E-state index in [9.17, 15) is 0 Å². The molecular weight excluding hydrogens is 293 g/mol. The molecule has 6 heteroatoms. The third-order valence-electron chi connectivity index (χ3n) is 2.97. The van der Waals surface area contributed by atoms with Crippen LogP contribution in [0.4, 0.5) is 0 Å². The molecule has 0 aliphatic heterocycles. The number of nitrogens with zero attached hydrogens (tertiary/aromatic N) is 2. The lowest BCUT2D eigenvalue weighted by Crippen LogP contribution is -2.17. The summed E-state index contributed by atoms with van der Waals surface area (Å²) >= 11 is 17.9. The Hall–Kier alpha value is -0.480. The number of aromatic nitrogens is 2. The topological polar surface area (TPSA) is 43.8 Å². The van der Waals surface area contributed by atoms with Gasteiger partial charge in [0.1, 0.15) is 0 Å². The summed E-state index contributed by atoms with van der Waals surface area (Å²) < 4.78 is 0.324. The largest absolute Gasteiger partial charge is 0.329 e. The van der Waals surface area contributed by atoms with Crippen LogP contribution in [0.1, 0.15) is 17.0 Å². The zero-order valence-electron chi connectivity index (χ0n) is 10.2. The number of imidazole rings is 1. The van der Waals surface area contributed by atoms with Crippen LogP contribution < -0.4 is 5.73 Å². The third kappa shape index (κ3) is 2.45. The molecule has 3 nitrogen and oxygen atoms in total. The van der Waals surface area contributed by atoms with E-state index in [0.29, 0.717) is 18.9 Å². The van der Waals surface area contributed by atoms with Crippen molar-refractivity contribution in [1.82, 2.24) is 9.55 Å². The molecule has 98 valence electrons. The van der Waals surface area contributed by atoms with Crippen molar-refractivity contribution in [2.75, 3.05) is 6.54 Å². The Morgan fingerprint density at radius 1 is 1.22 bits per heavy atom. The van der Waals surface area contributed by atoms with Gasteiger partial charge in [-0.05, 0) is 37.1 Å². The summed E-state index contributed by atoms with van der Waals surface area (Å²) in [5.74, 6) is 0.415. The van der Waals surface area contributed by atoms with Gasteiger partial charge in [0.2, 0.25) is 3.79 Å². The fraction of sp³-hybridized carbons (Fsp3) is 0.417. The standard InChI is InChI=1S/C12H14Cl3N3/c1-7-5-9-10(6-8(7)2)18(4-3-16)11(17-9)12(13,14)15/h5-6H,3-4,16H2,1-2H3. The average Bonchev–Trinajstić information content (AvgIpc) is 2.58. The van der Waals surface area contributed by atoms with Crippen molar-refractivity contribution in [3.05, 3.63) is 29.1 Å². The Bertz CT molecular complexity index is 584. The van der Waals surface area contributed by atoms with Crippen LogP contribution in [0.5, 0.6) is 0 Å². The van der Waals surface area contributed by atoms with E-state index in [1.165, 1.54) is 5.56 Å². The van der Waals surface area contributed by atoms with Gasteiger partial charge in [-0.2, -0.15) is 0 Å². The predicted octanol–water partition coefficient (Wildman–Crippen LogP) is 3.44. The minimum absolute atomic E-state index is 0.415. The minimum atomic E-state index is -1.55. The maximum absolute atomic E-state index is 5.96.